The van der Waals surface area contributed by atoms with Crippen molar-refractivity contribution < 1.29 is 19.4 Å². The highest BCUT2D eigenvalue weighted by Gasteiger charge is 2.16. The molecular formula is C7H11NO4. The molecule has 0 heterocycles. The number of nitrogens with zero attached hydrogens (tertiary/aromatic N) is 1. The maximum atomic E-state index is 10.8. The van der Waals surface area contributed by atoms with Crippen molar-refractivity contribution in [2.45, 2.75) is 18.9 Å². The Morgan fingerprint density at radius 2 is 2.42 bits per heavy atom. The van der Waals surface area contributed by atoms with E-state index >= 15 is 0 Å². The lowest BCUT2D eigenvalue weighted by Crippen LogP contribution is -2.20. The van der Waals surface area contributed by atoms with Crippen LogP contribution in [-0.2, 0) is 14.3 Å². The summed E-state index contributed by atoms with van der Waals surface area (Å²) in [6.07, 6.45) is 2.00. The number of methoxy groups -OCH3 is 1. The number of ether oxygens (including phenoxy) is 1. The molecule has 0 amide bonds. The molecule has 0 aliphatic heterocycles. The van der Waals surface area contributed by atoms with Gasteiger partial charge in [-0.2, -0.15) is 4.99 Å². The average molecular weight is 173 g/mol. The topological polar surface area (TPSA) is 76.0 Å². The molecule has 0 aromatic heterocycles. The molecule has 0 saturated heterocycles. The first-order chi connectivity index (χ1) is 5.76. The minimum atomic E-state index is -0.820. The first kappa shape index (κ1) is 10.8. The second kappa shape index (κ2) is 6.52. The van der Waals surface area contributed by atoms with Crippen LogP contribution < -0.4 is 0 Å². The maximum absolute atomic E-state index is 10.8. The van der Waals surface area contributed by atoms with Crippen LogP contribution >= 0.6 is 0 Å². The van der Waals surface area contributed by atoms with E-state index in [1.54, 1.807) is 0 Å². The lowest BCUT2D eigenvalue weighted by Gasteiger charge is -2.05. The van der Waals surface area contributed by atoms with Crippen LogP contribution in [-0.4, -0.2) is 36.9 Å². The van der Waals surface area contributed by atoms with Crippen molar-refractivity contribution in [1.29, 1.82) is 0 Å². The highest BCUT2D eigenvalue weighted by molar-refractivity contribution is 5.76. The molecule has 1 atom stereocenters. The Morgan fingerprint density at radius 1 is 1.75 bits per heavy atom. The van der Waals surface area contributed by atoms with Crippen molar-refractivity contribution in [1.82, 2.24) is 0 Å². The van der Waals surface area contributed by atoms with Gasteiger partial charge in [0.15, 0.2) is 6.04 Å². The first-order valence-electron chi connectivity index (χ1n) is 3.52. The highest BCUT2D eigenvalue weighted by Crippen LogP contribution is 2.02. The third-order valence-electron chi connectivity index (χ3n) is 1.32. The summed E-state index contributed by atoms with van der Waals surface area (Å²) in [7, 11) is 1.22. The maximum Gasteiger partial charge on any atom is 0.331 e. The molecule has 0 aliphatic carbocycles. The number of hydrogen-bond donors (Lipinski definition) is 1. The molecule has 0 radical (unpaired) electrons. The van der Waals surface area contributed by atoms with Gasteiger partial charge in [-0.25, -0.2) is 9.59 Å². The van der Waals surface area contributed by atoms with Crippen LogP contribution in [0.25, 0.3) is 0 Å². The van der Waals surface area contributed by atoms with Crippen molar-refractivity contribution in [3.8, 4) is 0 Å². The molecule has 1 unspecified atom stereocenters. The van der Waals surface area contributed by atoms with Crippen LogP contribution in [0.15, 0.2) is 4.99 Å². The van der Waals surface area contributed by atoms with Crippen molar-refractivity contribution in [3.05, 3.63) is 0 Å². The van der Waals surface area contributed by atoms with E-state index in [2.05, 4.69) is 9.73 Å². The third kappa shape index (κ3) is 3.85. The van der Waals surface area contributed by atoms with Crippen molar-refractivity contribution in [3.63, 3.8) is 0 Å². The molecule has 12 heavy (non-hydrogen) atoms. The van der Waals surface area contributed by atoms with Gasteiger partial charge in [-0.1, -0.05) is 0 Å². The number of carbonyl (C=O) groups excluding carboxylic acids is 2. The van der Waals surface area contributed by atoms with Gasteiger partial charge in [0.25, 0.3) is 0 Å². The van der Waals surface area contributed by atoms with Gasteiger partial charge in [0, 0.05) is 6.61 Å². The molecule has 0 spiro atoms. The minimum absolute atomic E-state index is 0.0398. The Balaban J connectivity index is 4.03. The number of esters is 1. The summed E-state index contributed by atoms with van der Waals surface area (Å²) in [5.74, 6) is -0.577. The summed E-state index contributed by atoms with van der Waals surface area (Å²) >= 11 is 0. The Kier molecular flexibility index (Phi) is 5.87. The SMILES string of the molecule is COC(=O)C(CCCO)N=C=O. The van der Waals surface area contributed by atoms with Gasteiger partial charge in [0.2, 0.25) is 6.08 Å². The van der Waals surface area contributed by atoms with Gasteiger partial charge < -0.3 is 9.84 Å². The quantitative estimate of drug-likeness (QED) is 0.350. The van der Waals surface area contributed by atoms with E-state index in [9.17, 15) is 9.59 Å². The lowest BCUT2D eigenvalue weighted by molar-refractivity contribution is -0.142. The van der Waals surface area contributed by atoms with Crippen molar-refractivity contribution in [2.75, 3.05) is 13.7 Å². The van der Waals surface area contributed by atoms with Crippen LogP contribution in [0.3, 0.4) is 0 Å². The Morgan fingerprint density at radius 3 is 2.83 bits per heavy atom. The van der Waals surface area contributed by atoms with Crippen molar-refractivity contribution >= 4 is 12.0 Å². The van der Waals surface area contributed by atoms with Crippen LogP contribution in [0, 0.1) is 0 Å². The third-order valence-corrected chi connectivity index (χ3v) is 1.32. The normalized spacial score (nSPS) is 11.5. The summed E-state index contributed by atoms with van der Waals surface area (Å²) in [6.45, 7) is -0.0398. The first-order valence-corrected chi connectivity index (χ1v) is 3.52. The molecule has 0 fully saturated rings. The van der Waals surface area contributed by atoms with Crippen molar-refractivity contribution in [2.24, 2.45) is 4.99 Å². The smallest absolute Gasteiger partial charge is 0.331 e. The zero-order valence-electron chi connectivity index (χ0n) is 6.82. The van der Waals surface area contributed by atoms with E-state index in [1.165, 1.54) is 13.2 Å². The molecule has 0 aromatic rings. The number of isocyanates is 1. The van der Waals surface area contributed by atoms with Crippen LogP contribution in [0.2, 0.25) is 0 Å². The monoisotopic (exact) mass is 173 g/mol. The number of aliphatic hydroxyl groups is 1. The summed E-state index contributed by atoms with van der Waals surface area (Å²) < 4.78 is 4.37. The number of carbonyl (C=O) groups is 1. The van der Waals surface area contributed by atoms with E-state index in [0.717, 1.165) is 0 Å². The van der Waals surface area contributed by atoms with Crippen LogP contribution in [0.5, 0.6) is 0 Å². The second-order valence-corrected chi connectivity index (χ2v) is 2.13. The molecule has 0 rings (SSSR count). The van der Waals surface area contributed by atoms with E-state index < -0.39 is 12.0 Å². The zero-order chi connectivity index (χ0) is 9.40. The van der Waals surface area contributed by atoms with E-state index in [0.29, 0.717) is 12.8 Å². The van der Waals surface area contributed by atoms with Gasteiger partial charge >= 0.3 is 5.97 Å². The molecule has 5 heteroatoms. The summed E-state index contributed by atoms with van der Waals surface area (Å²) in [6, 6.07) is -0.820. The Bertz CT molecular complexity index is 186. The van der Waals surface area contributed by atoms with Gasteiger partial charge in [-0.05, 0) is 12.8 Å². The van der Waals surface area contributed by atoms with Gasteiger partial charge in [0.05, 0.1) is 7.11 Å². The fourth-order valence-electron chi connectivity index (χ4n) is 0.719. The number of aliphatic imine (C=N–C) groups is 1. The van der Waals surface area contributed by atoms with Crippen LogP contribution in [0.1, 0.15) is 12.8 Å². The summed E-state index contributed by atoms with van der Waals surface area (Å²) in [4.78, 5) is 23.9. The number of aliphatic hydroxyl groups excluding tert-OH is 1. The predicted octanol–water partition coefficient (Wildman–Crippen LogP) is -0.364. The molecule has 0 aromatic carbocycles. The highest BCUT2D eigenvalue weighted by atomic mass is 16.5. The fourth-order valence-corrected chi connectivity index (χ4v) is 0.719. The number of hydrogen-bond acceptors (Lipinski definition) is 5. The fraction of sp³-hybridized carbons (Fsp3) is 0.714. The Labute approximate surface area is 70.1 Å². The molecule has 1 N–H and O–H groups in total. The Hall–Kier alpha value is -1.19. The second-order valence-electron chi connectivity index (χ2n) is 2.13. The summed E-state index contributed by atoms with van der Waals surface area (Å²) in [5.41, 5.74) is 0. The standard InChI is InChI=1S/C7H11NO4/c1-12-7(11)6(8-5-10)3-2-4-9/h6,9H,2-4H2,1H3. The largest absolute Gasteiger partial charge is 0.467 e. The number of rotatable bonds is 5. The minimum Gasteiger partial charge on any atom is -0.467 e. The van der Waals surface area contributed by atoms with E-state index in [-0.39, 0.29) is 6.61 Å². The molecule has 0 bridgehead atoms. The summed E-state index contributed by atoms with van der Waals surface area (Å²) in [5, 5.41) is 8.45. The zero-order valence-corrected chi connectivity index (χ0v) is 6.82. The predicted molar refractivity (Wildman–Crippen MR) is 40.2 cm³/mol. The molecular weight excluding hydrogens is 162 g/mol. The van der Waals surface area contributed by atoms with Gasteiger partial charge in [0.1, 0.15) is 0 Å². The van der Waals surface area contributed by atoms with E-state index in [1.807, 2.05) is 0 Å². The lowest BCUT2D eigenvalue weighted by atomic mass is 10.2. The van der Waals surface area contributed by atoms with E-state index in [4.69, 9.17) is 5.11 Å². The molecule has 5 nitrogen and oxygen atoms in total. The van der Waals surface area contributed by atoms with Gasteiger partial charge in [-0.3, -0.25) is 0 Å². The molecule has 0 aliphatic rings. The average Bonchev–Trinajstić information content (AvgIpc) is 2.11. The van der Waals surface area contributed by atoms with Crippen LogP contribution in [0.4, 0.5) is 0 Å². The molecule has 0 saturated carbocycles. The van der Waals surface area contributed by atoms with Gasteiger partial charge in [-0.15, -0.1) is 0 Å². The molecule has 68 valence electrons.